The van der Waals surface area contributed by atoms with Gasteiger partial charge in [0.05, 0.1) is 24.9 Å². The number of hydrogen-bond acceptors (Lipinski definition) is 4. The molecule has 0 saturated heterocycles. The molecular weight excluding hydrogens is 363 g/mol. The molecule has 0 spiro atoms. The molecule has 134 valence electrons. The quantitative estimate of drug-likeness (QED) is 0.724. The Morgan fingerprint density at radius 2 is 1.76 bits per heavy atom. The predicted octanol–water partition coefficient (Wildman–Crippen LogP) is 4.76. The van der Waals surface area contributed by atoms with Crippen LogP contribution in [0.15, 0.2) is 30.3 Å². The highest BCUT2D eigenvalue weighted by Crippen LogP contribution is 2.35. The fourth-order valence-electron chi connectivity index (χ4n) is 2.29. The number of hydrogen-bond donors (Lipinski definition) is 2. The molecule has 2 N–H and O–H groups in total. The Morgan fingerprint density at radius 1 is 1.04 bits per heavy atom. The molecule has 0 atom stereocenters. The number of carbonyl (C=O) groups excluding carboxylic acids is 1. The number of ether oxygens (including phenoxy) is 2. The topological polar surface area (TPSA) is 59.6 Å². The molecule has 0 aliphatic heterocycles. The van der Waals surface area contributed by atoms with Crippen molar-refractivity contribution in [2.75, 3.05) is 31.4 Å². The fraction of sp³-hybridized carbons (Fsp3) is 0.278. The third-order valence-electron chi connectivity index (χ3n) is 3.60. The highest BCUT2D eigenvalue weighted by atomic mass is 35.5. The summed E-state index contributed by atoms with van der Waals surface area (Å²) in [5, 5.41) is 7.13. The molecule has 0 aliphatic rings. The van der Waals surface area contributed by atoms with Crippen LogP contribution in [0.4, 0.5) is 11.4 Å². The Bertz CT molecular complexity index is 766. The summed E-state index contributed by atoms with van der Waals surface area (Å²) in [5.41, 5.74) is 2.37. The summed E-state index contributed by atoms with van der Waals surface area (Å²) in [7, 11) is 3.10. The van der Waals surface area contributed by atoms with E-state index in [4.69, 9.17) is 32.7 Å². The zero-order chi connectivity index (χ0) is 18.4. The monoisotopic (exact) mass is 382 g/mol. The second kappa shape index (κ2) is 8.83. The molecule has 7 heteroatoms. The number of benzene rings is 2. The van der Waals surface area contributed by atoms with Crippen LogP contribution in [0.1, 0.15) is 12.0 Å². The summed E-state index contributed by atoms with van der Waals surface area (Å²) in [5.74, 6) is 1.02. The van der Waals surface area contributed by atoms with Gasteiger partial charge >= 0.3 is 0 Å². The van der Waals surface area contributed by atoms with E-state index in [1.165, 1.54) is 0 Å². The first-order chi connectivity index (χ1) is 11.9. The maximum Gasteiger partial charge on any atom is 0.226 e. The van der Waals surface area contributed by atoms with Crippen molar-refractivity contribution in [3.8, 4) is 11.5 Å². The third kappa shape index (κ3) is 5.18. The van der Waals surface area contributed by atoms with Gasteiger partial charge in [0.1, 0.15) is 11.5 Å². The van der Waals surface area contributed by atoms with Gasteiger partial charge in [0.25, 0.3) is 0 Å². The minimum atomic E-state index is -0.0992. The molecule has 0 heterocycles. The molecule has 25 heavy (non-hydrogen) atoms. The van der Waals surface area contributed by atoms with Crippen molar-refractivity contribution in [2.45, 2.75) is 13.3 Å². The second-order valence-electron chi connectivity index (χ2n) is 5.37. The van der Waals surface area contributed by atoms with E-state index < -0.39 is 0 Å². The van der Waals surface area contributed by atoms with Crippen LogP contribution in [0, 0.1) is 6.92 Å². The van der Waals surface area contributed by atoms with Gasteiger partial charge in [-0.3, -0.25) is 4.79 Å². The standard InChI is InChI=1S/C18H20Cl2N2O3/c1-11-8-12(19)4-5-14(11)22-18(23)6-7-21-15-10-16(24-2)13(20)9-17(15)25-3/h4-5,8-10,21H,6-7H2,1-3H3,(H,22,23). The first-order valence-corrected chi connectivity index (χ1v) is 8.41. The van der Waals surface area contributed by atoms with E-state index in [2.05, 4.69) is 10.6 Å². The van der Waals surface area contributed by atoms with Crippen molar-refractivity contribution in [1.29, 1.82) is 0 Å². The fourth-order valence-corrected chi connectivity index (χ4v) is 2.75. The minimum Gasteiger partial charge on any atom is -0.495 e. The van der Waals surface area contributed by atoms with Crippen molar-refractivity contribution in [3.63, 3.8) is 0 Å². The molecule has 5 nitrogen and oxygen atoms in total. The van der Waals surface area contributed by atoms with E-state index in [0.29, 0.717) is 33.8 Å². The van der Waals surface area contributed by atoms with E-state index in [-0.39, 0.29) is 12.3 Å². The number of nitrogens with one attached hydrogen (secondary N) is 2. The van der Waals surface area contributed by atoms with Gasteiger partial charge in [0.15, 0.2) is 0 Å². The summed E-state index contributed by atoms with van der Waals surface area (Å²) >= 11 is 12.0. The van der Waals surface area contributed by atoms with Gasteiger partial charge in [-0.1, -0.05) is 23.2 Å². The van der Waals surface area contributed by atoms with Gasteiger partial charge < -0.3 is 20.1 Å². The summed E-state index contributed by atoms with van der Waals surface area (Å²) in [6.07, 6.45) is 0.288. The van der Waals surface area contributed by atoms with Crippen LogP contribution in [0.25, 0.3) is 0 Å². The smallest absolute Gasteiger partial charge is 0.226 e. The first kappa shape index (κ1) is 19.2. The Labute approximate surface area is 157 Å². The van der Waals surface area contributed by atoms with Crippen LogP contribution in [0.2, 0.25) is 10.0 Å². The molecule has 0 bridgehead atoms. The number of carbonyl (C=O) groups is 1. The summed E-state index contributed by atoms with van der Waals surface area (Å²) in [6.45, 7) is 2.32. The average molecular weight is 383 g/mol. The molecule has 0 unspecified atom stereocenters. The van der Waals surface area contributed by atoms with E-state index in [9.17, 15) is 4.79 Å². The zero-order valence-electron chi connectivity index (χ0n) is 14.3. The summed E-state index contributed by atoms with van der Waals surface area (Å²) in [6, 6.07) is 8.74. The first-order valence-electron chi connectivity index (χ1n) is 7.66. The number of amides is 1. The van der Waals surface area contributed by atoms with Gasteiger partial charge in [-0.05, 0) is 30.7 Å². The lowest BCUT2D eigenvalue weighted by Gasteiger charge is -2.14. The SMILES string of the molecule is COc1cc(NCCC(=O)Nc2ccc(Cl)cc2C)c(OC)cc1Cl. The molecule has 0 fully saturated rings. The van der Waals surface area contributed by atoms with Crippen LogP contribution in [0.3, 0.4) is 0 Å². The lowest BCUT2D eigenvalue weighted by molar-refractivity contribution is -0.115. The molecule has 0 radical (unpaired) electrons. The number of aryl methyl sites for hydroxylation is 1. The van der Waals surface area contributed by atoms with Crippen LogP contribution in [-0.4, -0.2) is 26.7 Å². The Hall–Kier alpha value is -2.11. The van der Waals surface area contributed by atoms with Crippen LogP contribution < -0.4 is 20.1 Å². The molecule has 0 saturated carbocycles. The molecule has 2 aromatic rings. The largest absolute Gasteiger partial charge is 0.495 e. The minimum absolute atomic E-state index is 0.0992. The van der Waals surface area contributed by atoms with Gasteiger partial charge in [-0.15, -0.1) is 0 Å². The van der Waals surface area contributed by atoms with Gasteiger partial charge in [0.2, 0.25) is 5.91 Å². The van der Waals surface area contributed by atoms with Crippen LogP contribution in [-0.2, 0) is 4.79 Å². The highest BCUT2D eigenvalue weighted by Gasteiger charge is 2.11. The summed E-state index contributed by atoms with van der Waals surface area (Å²) in [4.78, 5) is 12.1. The molecule has 0 aliphatic carbocycles. The third-order valence-corrected chi connectivity index (χ3v) is 4.13. The number of rotatable bonds is 7. The Kier molecular flexibility index (Phi) is 6.79. The molecule has 2 rings (SSSR count). The Morgan fingerprint density at radius 3 is 2.40 bits per heavy atom. The van der Waals surface area contributed by atoms with Crippen molar-refractivity contribution in [3.05, 3.63) is 45.9 Å². The van der Waals surface area contributed by atoms with Gasteiger partial charge in [-0.2, -0.15) is 0 Å². The second-order valence-corrected chi connectivity index (χ2v) is 6.21. The average Bonchev–Trinajstić information content (AvgIpc) is 2.58. The lowest BCUT2D eigenvalue weighted by Crippen LogP contribution is -2.17. The van der Waals surface area contributed by atoms with E-state index >= 15 is 0 Å². The molecule has 1 amide bonds. The number of methoxy groups -OCH3 is 2. The predicted molar refractivity (Wildman–Crippen MR) is 102 cm³/mol. The van der Waals surface area contributed by atoms with Crippen LogP contribution in [0.5, 0.6) is 11.5 Å². The van der Waals surface area contributed by atoms with Crippen LogP contribution >= 0.6 is 23.2 Å². The van der Waals surface area contributed by atoms with E-state index in [1.54, 1.807) is 44.6 Å². The molecule has 0 aromatic heterocycles. The van der Waals surface area contributed by atoms with E-state index in [0.717, 1.165) is 11.3 Å². The van der Waals surface area contributed by atoms with Crippen molar-refractivity contribution >= 4 is 40.5 Å². The van der Waals surface area contributed by atoms with Crippen molar-refractivity contribution in [1.82, 2.24) is 0 Å². The maximum atomic E-state index is 12.1. The maximum absolute atomic E-state index is 12.1. The lowest BCUT2D eigenvalue weighted by atomic mass is 10.2. The molecule has 2 aromatic carbocycles. The molecular formula is C18H20Cl2N2O3. The number of halogens is 2. The summed E-state index contributed by atoms with van der Waals surface area (Å²) < 4.78 is 10.5. The Balaban J connectivity index is 1.95. The van der Waals surface area contributed by atoms with Gasteiger partial charge in [-0.25, -0.2) is 0 Å². The van der Waals surface area contributed by atoms with E-state index in [1.807, 2.05) is 6.92 Å². The number of anilines is 2. The normalized spacial score (nSPS) is 10.3. The zero-order valence-corrected chi connectivity index (χ0v) is 15.8. The van der Waals surface area contributed by atoms with Crippen molar-refractivity contribution in [2.24, 2.45) is 0 Å². The highest BCUT2D eigenvalue weighted by molar-refractivity contribution is 6.32. The van der Waals surface area contributed by atoms with Gasteiger partial charge in [0, 0.05) is 35.8 Å². The van der Waals surface area contributed by atoms with Crippen molar-refractivity contribution < 1.29 is 14.3 Å².